The summed E-state index contributed by atoms with van der Waals surface area (Å²) in [7, 11) is 0. The van der Waals surface area contributed by atoms with Crippen molar-refractivity contribution in [2.75, 3.05) is 0 Å². The molecule has 0 N–H and O–H groups in total. The molecule has 0 aromatic heterocycles. The fourth-order valence-corrected chi connectivity index (χ4v) is 1.63. The second-order valence-electron chi connectivity index (χ2n) is 4.67. The van der Waals surface area contributed by atoms with Gasteiger partial charge in [-0.2, -0.15) is 0 Å². The topological polar surface area (TPSA) is 0 Å². The smallest absolute Gasteiger partial charge is 0.207 e. The standard InChI is InChI=1S/C13H24F2/c1-5-11(3)7-8-12(6-2)9-10-13(4,14)15/h5,11-12H,1,6-10H2,2-4H3. The average Bonchev–Trinajstić information content (AvgIpc) is 2.16. The molecule has 0 fully saturated rings. The Morgan fingerprint density at radius 3 is 2.27 bits per heavy atom. The molecule has 0 bridgehead atoms. The third-order valence-electron chi connectivity index (χ3n) is 3.00. The van der Waals surface area contributed by atoms with Gasteiger partial charge in [0.2, 0.25) is 5.92 Å². The van der Waals surface area contributed by atoms with Crippen LogP contribution in [-0.2, 0) is 0 Å². The lowest BCUT2D eigenvalue weighted by Gasteiger charge is -2.18. The highest BCUT2D eigenvalue weighted by Crippen LogP contribution is 2.26. The highest BCUT2D eigenvalue weighted by molar-refractivity contribution is 4.76. The molecule has 2 atom stereocenters. The van der Waals surface area contributed by atoms with E-state index in [1.54, 1.807) is 0 Å². The zero-order chi connectivity index (χ0) is 11.9. The minimum absolute atomic E-state index is 0.0218. The van der Waals surface area contributed by atoms with Gasteiger partial charge in [0, 0.05) is 6.42 Å². The number of hydrogen-bond donors (Lipinski definition) is 0. The van der Waals surface area contributed by atoms with E-state index in [2.05, 4.69) is 20.4 Å². The first-order chi connectivity index (χ1) is 6.89. The molecule has 0 heterocycles. The molecule has 2 heteroatoms. The third kappa shape index (κ3) is 8.59. The normalized spacial score (nSPS) is 16.1. The van der Waals surface area contributed by atoms with E-state index < -0.39 is 5.92 Å². The van der Waals surface area contributed by atoms with Crippen molar-refractivity contribution in [3.05, 3.63) is 12.7 Å². The number of alkyl halides is 2. The fourth-order valence-electron chi connectivity index (χ4n) is 1.63. The average molecular weight is 218 g/mol. The Morgan fingerprint density at radius 1 is 1.27 bits per heavy atom. The highest BCUT2D eigenvalue weighted by Gasteiger charge is 2.22. The maximum atomic E-state index is 12.7. The van der Waals surface area contributed by atoms with Crippen LogP contribution in [0.25, 0.3) is 0 Å². The first-order valence-electron chi connectivity index (χ1n) is 5.89. The van der Waals surface area contributed by atoms with E-state index in [1.165, 1.54) is 0 Å². The largest absolute Gasteiger partial charge is 0.245 e. The van der Waals surface area contributed by atoms with Gasteiger partial charge in [-0.25, -0.2) is 8.78 Å². The van der Waals surface area contributed by atoms with Crippen molar-refractivity contribution >= 4 is 0 Å². The van der Waals surface area contributed by atoms with E-state index in [9.17, 15) is 8.78 Å². The number of halogens is 2. The summed E-state index contributed by atoms with van der Waals surface area (Å²) in [5, 5.41) is 0. The number of allylic oxidation sites excluding steroid dienone is 1. The summed E-state index contributed by atoms with van der Waals surface area (Å²) in [5.74, 6) is -1.56. The van der Waals surface area contributed by atoms with Crippen LogP contribution in [-0.4, -0.2) is 5.92 Å². The van der Waals surface area contributed by atoms with Crippen LogP contribution in [0.4, 0.5) is 8.78 Å². The van der Waals surface area contributed by atoms with Gasteiger partial charge in [-0.3, -0.25) is 0 Å². The summed E-state index contributed by atoms with van der Waals surface area (Å²) in [6.45, 7) is 8.94. The van der Waals surface area contributed by atoms with E-state index >= 15 is 0 Å². The van der Waals surface area contributed by atoms with Crippen molar-refractivity contribution in [1.29, 1.82) is 0 Å². The molecule has 0 amide bonds. The first kappa shape index (κ1) is 14.6. The Hall–Kier alpha value is -0.400. The Bertz CT molecular complexity index is 170. The van der Waals surface area contributed by atoms with Gasteiger partial charge in [-0.05, 0) is 38.0 Å². The van der Waals surface area contributed by atoms with Gasteiger partial charge in [-0.1, -0.05) is 26.3 Å². The van der Waals surface area contributed by atoms with Crippen LogP contribution in [0.5, 0.6) is 0 Å². The Morgan fingerprint density at radius 2 is 1.87 bits per heavy atom. The van der Waals surface area contributed by atoms with E-state index in [0.29, 0.717) is 18.3 Å². The van der Waals surface area contributed by atoms with Crippen LogP contribution in [0.3, 0.4) is 0 Å². The minimum Gasteiger partial charge on any atom is -0.207 e. The van der Waals surface area contributed by atoms with E-state index in [1.807, 2.05) is 6.08 Å². The summed E-state index contributed by atoms with van der Waals surface area (Å²) in [6, 6.07) is 0. The zero-order valence-corrected chi connectivity index (χ0v) is 10.2. The molecule has 90 valence electrons. The third-order valence-corrected chi connectivity index (χ3v) is 3.00. The van der Waals surface area contributed by atoms with Gasteiger partial charge < -0.3 is 0 Å². The van der Waals surface area contributed by atoms with Crippen molar-refractivity contribution in [2.45, 2.75) is 58.8 Å². The zero-order valence-electron chi connectivity index (χ0n) is 10.2. The second-order valence-corrected chi connectivity index (χ2v) is 4.67. The number of hydrogen-bond acceptors (Lipinski definition) is 0. The van der Waals surface area contributed by atoms with Crippen molar-refractivity contribution < 1.29 is 8.78 Å². The number of rotatable bonds is 8. The molecule has 0 aliphatic rings. The van der Waals surface area contributed by atoms with E-state index in [-0.39, 0.29) is 6.42 Å². The molecule has 0 aromatic rings. The molecule has 0 radical (unpaired) electrons. The van der Waals surface area contributed by atoms with E-state index in [4.69, 9.17) is 0 Å². The summed E-state index contributed by atoms with van der Waals surface area (Å²) in [4.78, 5) is 0. The highest BCUT2D eigenvalue weighted by atomic mass is 19.3. The van der Waals surface area contributed by atoms with Crippen molar-refractivity contribution in [3.63, 3.8) is 0 Å². The Balaban J connectivity index is 3.78. The summed E-state index contributed by atoms with van der Waals surface area (Å²) >= 11 is 0. The molecule has 2 unspecified atom stereocenters. The first-order valence-corrected chi connectivity index (χ1v) is 5.89. The Kier molecular flexibility index (Phi) is 6.78. The van der Waals surface area contributed by atoms with Crippen molar-refractivity contribution in [3.8, 4) is 0 Å². The molecule has 0 saturated heterocycles. The molecule has 0 spiro atoms. The van der Waals surface area contributed by atoms with Crippen LogP contribution >= 0.6 is 0 Å². The van der Waals surface area contributed by atoms with Crippen LogP contribution in [0.2, 0.25) is 0 Å². The molecule has 0 aliphatic carbocycles. The maximum Gasteiger partial charge on any atom is 0.245 e. The van der Waals surface area contributed by atoms with Gasteiger partial charge in [-0.15, -0.1) is 6.58 Å². The van der Waals surface area contributed by atoms with Crippen molar-refractivity contribution in [2.24, 2.45) is 11.8 Å². The van der Waals surface area contributed by atoms with Crippen LogP contribution < -0.4 is 0 Å². The predicted molar refractivity (Wildman–Crippen MR) is 62.2 cm³/mol. The summed E-state index contributed by atoms with van der Waals surface area (Å²) in [5.41, 5.74) is 0. The monoisotopic (exact) mass is 218 g/mol. The summed E-state index contributed by atoms with van der Waals surface area (Å²) < 4.78 is 25.3. The molecule has 0 aliphatic heterocycles. The summed E-state index contributed by atoms with van der Waals surface area (Å²) in [6.07, 6.45) is 5.70. The van der Waals surface area contributed by atoms with Gasteiger partial charge in [0.15, 0.2) is 0 Å². The molecule has 0 aromatic carbocycles. The lowest BCUT2D eigenvalue weighted by atomic mass is 9.90. The minimum atomic E-state index is -2.50. The van der Waals surface area contributed by atoms with Crippen LogP contribution in [0, 0.1) is 11.8 Å². The van der Waals surface area contributed by atoms with Crippen LogP contribution in [0.15, 0.2) is 12.7 Å². The lowest BCUT2D eigenvalue weighted by Crippen LogP contribution is -2.12. The van der Waals surface area contributed by atoms with Gasteiger partial charge in [0.25, 0.3) is 0 Å². The molecule has 15 heavy (non-hydrogen) atoms. The van der Waals surface area contributed by atoms with Crippen LogP contribution in [0.1, 0.15) is 52.9 Å². The second kappa shape index (κ2) is 6.97. The molecule has 0 saturated carbocycles. The van der Waals surface area contributed by atoms with E-state index in [0.717, 1.165) is 26.2 Å². The van der Waals surface area contributed by atoms with Crippen molar-refractivity contribution in [1.82, 2.24) is 0 Å². The Labute approximate surface area is 92.8 Å². The molecule has 0 rings (SSSR count). The SMILES string of the molecule is C=CC(C)CCC(CC)CCC(C)(F)F. The van der Waals surface area contributed by atoms with Gasteiger partial charge in [0.1, 0.15) is 0 Å². The quantitative estimate of drug-likeness (QED) is 0.500. The molecular formula is C13H24F2. The fraction of sp³-hybridized carbons (Fsp3) is 0.846. The lowest BCUT2D eigenvalue weighted by molar-refractivity contribution is 0.00600. The maximum absolute atomic E-state index is 12.7. The molecular weight excluding hydrogens is 194 g/mol. The molecule has 0 nitrogen and oxygen atoms in total. The van der Waals surface area contributed by atoms with Gasteiger partial charge >= 0.3 is 0 Å². The van der Waals surface area contributed by atoms with Gasteiger partial charge in [0.05, 0.1) is 0 Å². The predicted octanol–water partition coefficient (Wildman–Crippen LogP) is 5.05.